The minimum atomic E-state index is -4.66. The van der Waals surface area contributed by atoms with E-state index in [1.54, 1.807) is 19.2 Å². The maximum absolute atomic E-state index is 12.1. The van der Waals surface area contributed by atoms with Gasteiger partial charge in [-0.05, 0) is 37.1 Å². The van der Waals surface area contributed by atoms with Crippen molar-refractivity contribution < 1.29 is 22.6 Å². The van der Waals surface area contributed by atoms with Crippen molar-refractivity contribution in [2.24, 2.45) is 0 Å². The summed E-state index contributed by atoms with van der Waals surface area (Å²) in [6.45, 7) is 4.86. The Kier molecular flexibility index (Phi) is 6.98. The Bertz CT molecular complexity index is 402. The fraction of sp³-hybridized carbons (Fsp3) is 0.600. The normalized spacial score (nSPS) is 14.8. The van der Waals surface area contributed by atoms with E-state index >= 15 is 0 Å². The third-order valence-electron chi connectivity index (χ3n) is 3.23. The Morgan fingerprint density at radius 3 is 2.19 bits per heavy atom. The van der Waals surface area contributed by atoms with Gasteiger partial charge in [0.1, 0.15) is 5.75 Å². The molecule has 0 aliphatic carbocycles. The van der Waals surface area contributed by atoms with Gasteiger partial charge in [-0.15, -0.1) is 13.2 Å². The molecule has 0 aromatic heterocycles. The van der Waals surface area contributed by atoms with E-state index in [9.17, 15) is 13.2 Å². The molecule has 0 saturated heterocycles. The van der Waals surface area contributed by atoms with E-state index in [1.165, 1.54) is 12.1 Å². The first-order valence-corrected chi connectivity index (χ1v) is 7.00. The molecule has 0 aliphatic heterocycles. The molecular formula is C15H22F3NO2. The van der Waals surface area contributed by atoms with Crippen LogP contribution >= 0.6 is 0 Å². The molecule has 3 nitrogen and oxygen atoms in total. The van der Waals surface area contributed by atoms with Crippen LogP contribution < -0.4 is 10.1 Å². The van der Waals surface area contributed by atoms with Gasteiger partial charge < -0.3 is 14.8 Å². The molecule has 1 aromatic rings. The van der Waals surface area contributed by atoms with Crippen LogP contribution in [0.1, 0.15) is 25.8 Å². The van der Waals surface area contributed by atoms with Gasteiger partial charge in [-0.2, -0.15) is 0 Å². The first-order chi connectivity index (χ1) is 9.89. The summed E-state index contributed by atoms with van der Waals surface area (Å²) in [6, 6.07) is 6.08. The standard InChI is InChI=1S/C15H22F3NO2/c1-4-14(20-3)13(19-5-2)10-11-6-8-12(9-7-11)21-15(16,17)18/h6-9,13-14,19H,4-5,10H2,1-3H3. The van der Waals surface area contributed by atoms with E-state index in [1.807, 2.05) is 13.8 Å². The number of hydrogen-bond donors (Lipinski definition) is 1. The van der Waals surface area contributed by atoms with Gasteiger partial charge in [0, 0.05) is 13.2 Å². The van der Waals surface area contributed by atoms with Crippen molar-refractivity contribution in [1.82, 2.24) is 5.32 Å². The highest BCUT2D eigenvalue weighted by molar-refractivity contribution is 5.28. The Morgan fingerprint density at radius 1 is 1.14 bits per heavy atom. The number of likely N-dealkylation sites (N-methyl/N-ethyl adjacent to an activating group) is 1. The van der Waals surface area contributed by atoms with E-state index in [-0.39, 0.29) is 17.9 Å². The predicted octanol–water partition coefficient (Wildman–Crippen LogP) is 3.53. The van der Waals surface area contributed by atoms with Gasteiger partial charge in [0.05, 0.1) is 6.10 Å². The summed E-state index contributed by atoms with van der Waals surface area (Å²) in [5.41, 5.74) is 0.936. The molecule has 0 fully saturated rings. The second-order valence-corrected chi connectivity index (χ2v) is 4.74. The smallest absolute Gasteiger partial charge is 0.406 e. The predicted molar refractivity (Wildman–Crippen MR) is 75.4 cm³/mol. The van der Waals surface area contributed by atoms with Crippen LogP contribution in [0, 0.1) is 0 Å². The van der Waals surface area contributed by atoms with E-state index in [2.05, 4.69) is 10.1 Å². The Morgan fingerprint density at radius 2 is 1.76 bits per heavy atom. The number of hydrogen-bond acceptors (Lipinski definition) is 3. The van der Waals surface area contributed by atoms with E-state index in [0.29, 0.717) is 6.42 Å². The van der Waals surface area contributed by atoms with Crippen LogP contribution in [0.2, 0.25) is 0 Å². The molecule has 0 amide bonds. The lowest BCUT2D eigenvalue weighted by atomic mass is 9.99. The molecule has 0 aliphatic rings. The van der Waals surface area contributed by atoms with Crippen molar-refractivity contribution in [2.75, 3.05) is 13.7 Å². The molecule has 2 atom stereocenters. The van der Waals surface area contributed by atoms with E-state index in [4.69, 9.17) is 4.74 Å². The molecule has 1 N–H and O–H groups in total. The van der Waals surface area contributed by atoms with Gasteiger partial charge in [-0.1, -0.05) is 26.0 Å². The quantitative estimate of drug-likeness (QED) is 0.797. The second kappa shape index (κ2) is 8.24. The second-order valence-electron chi connectivity index (χ2n) is 4.74. The van der Waals surface area contributed by atoms with Gasteiger partial charge in [0.2, 0.25) is 0 Å². The van der Waals surface area contributed by atoms with Crippen LogP contribution in [0.4, 0.5) is 13.2 Å². The summed E-state index contributed by atoms with van der Waals surface area (Å²) in [6.07, 6.45) is -3.04. The van der Waals surface area contributed by atoms with Gasteiger partial charge in [-0.25, -0.2) is 0 Å². The molecule has 120 valence electrons. The van der Waals surface area contributed by atoms with Gasteiger partial charge in [-0.3, -0.25) is 0 Å². The molecule has 0 saturated carbocycles. The summed E-state index contributed by atoms with van der Waals surface area (Å²) in [7, 11) is 1.67. The summed E-state index contributed by atoms with van der Waals surface area (Å²) in [5, 5.41) is 3.35. The zero-order valence-corrected chi connectivity index (χ0v) is 12.5. The van der Waals surface area contributed by atoms with Crippen LogP contribution in [0.15, 0.2) is 24.3 Å². The number of nitrogens with one attached hydrogen (secondary N) is 1. The average Bonchev–Trinajstić information content (AvgIpc) is 2.41. The van der Waals surface area contributed by atoms with Crippen LogP contribution in [0.5, 0.6) is 5.75 Å². The highest BCUT2D eigenvalue weighted by Gasteiger charge is 2.31. The zero-order valence-electron chi connectivity index (χ0n) is 12.5. The number of ether oxygens (including phenoxy) is 2. The maximum Gasteiger partial charge on any atom is 0.573 e. The summed E-state index contributed by atoms with van der Waals surface area (Å²) < 4.78 is 45.6. The molecule has 2 unspecified atom stereocenters. The van der Waals surface area contributed by atoms with Crippen LogP contribution in [-0.4, -0.2) is 32.2 Å². The minimum absolute atomic E-state index is 0.0658. The highest BCUT2D eigenvalue weighted by atomic mass is 19.4. The van der Waals surface area contributed by atoms with Crippen molar-refractivity contribution in [3.05, 3.63) is 29.8 Å². The molecule has 1 rings (SSSR count). The Hall–Kier alpha value is -1.27. The third kappa shape index (κ3) is 6.35. The van der Waals surface area contributed by atoms with Gasteiger partial charge >= 0.3 is 6.36 Å². The number of halogens is 3. The van der Waals surface area contributed by atoms with Crippen molar-refractivity contribution in [1.29, 1.82) is 0 Å². The highest BCUT2D eigenvalue weighted by Crippen LogP contribution is 2.23. The molecule has 21 heavy (non-hydrogen) atoms. The van der Waals surface area contributed by atoms with Crippen molar-refractivity contribution in [3.63, 3.8) is 0 Å². The molecule has 6 heteroatoms. The number of benzene rings is 1. The van der Waals surface area contributed by atoms with Gasteiger partial charge in [0.25, 0.3) is 0 Å². The topological polar surface area (TPSA) is 30.5 Å². The average molecular weight is 305 g/mol. The first-order valence-electron chi connectivity index (χ1n) is 7.00. The molecular weight excluding hydrogens is 283 g/mol. The van der Waals surface area contributed by atoms with Crippen LogP contribution in [0.3, 0.4) is 0 Å². The third-order valence-corrected chi connectivity index (χ3v) is 3.23. The molecule has 1 aromatic carbocycles. The van der Waals surface area contributed by atoms with Crippen LogP contribution in [0.25, 0.3) is 0 Å². The SMILES string of the molecule is CCNC(Cc1ccc(OC(F)(F)F)cc1)C(CC)OC. The van der Waals surface area contributed by atoms with Crippen LogP contribution in [-0.2, 0) is 11.2 Å². The number of methoxy groups -OCH3 is 1. The fourth-order valence-corrected chi connectivity index (χ4v) is 2.29. The summed E-state index contributed by atoms with van der Waals surface area (Å²) in [4.78, 5) is 0. The number of alkyl halides is 3. The lowest BCUT2D eigenvalue weighted by Crippen LogP contribution is -2.42. The lowest BCUT2D eigenvalue weighted by Gasteiger charge is -2.26. The van der Waals surface area contributed by atoms with E-state index in [0.717, 1.165) is 18.5 Å². The summed E-state index contributed by atoms with van der Waals surface area (Å²) in [5.74, 6) is -0.204. The zero-order chi connectivity index (χ0) is 15.9. The first kappa shape index (κ1) is 17.8. The number of rotatable bonds is 8. The largest absolute Gasteiger partial charge is 0.573 e. The van der Waals surface area contributed by atoms with Gasteiger partial charge in [0.15, 0.2) is 0 Å². The Balaban J connectivity index is 2.71. The molecule has 0 heterocycles. The maximum atomic E-state index is 12.1. The summed E-state index contributed by atoms with van der Waals surface area (Å²) >= 11 is 0. The molecule has 0 spiro atoms. The van der Waals surface area contributed by atoms with Crippen molar-refractivity contribution >= 4 is 0 Å². The minimum Gasteiger partial charge on any atom is -0.406 e. The molecule has 0 radical (unpaired) electrons. The van der Waals surface area contributed by atoms with Crippen molar-refractivity contribution in [3.8, 4) is 5.75 Å². The lowest BCUT2D eigenvalue weighted by molar-refractivity contribution is -0.274. The fourth-order valence-electron chi connectivity index (χ4n) is 2.29. The monoisotopic (exact) mass is 305 g/mol. The Labute approximate surface area is 123 Å². The van der Waals surface area contributed by atoms with Crippen molar-refractivity contribution in [2.45, 2.75) is 45.2 Å². The van der Waals surface area contributed by atoms with E-state index < -0.39 is 6.36 Å². The molecule has 0 bridgehead atoms.